The Morgan fingerprint density at radius 1 is 0.980 bits per heavy atom. The summed E-state index contributed by atoms with van der Waals surface area (Å²) in [6.45, 7) is 1.85. The van der Waals surface area contributed by atoms with E-state index >= 15 is 0 Å². The first-order chi connectivity index (χ1) is 23.4. The Morgan fingerprint density at radius 3 is 2.43 bits per heavy atom. The number of nitrogens with zero attached hydrogens (tertiary/aromatic N) is 2. The van der Waals surface area contributed by atoms with Gasteiger partial charge in [-0.25, -0.2) is 0 Å². The number of fused-ring (bicyclic) bond motifs is 1. The monoisotopic (exact) mass is 672 g/mol. The predicted molar refractivity (Wildman–Crippen MR) is 185 cm³/mol. The molecule has 1 aliphatic heterocycles. The molecule has 0 aliphatic carbocycles. The highest BCUT2D eigenvalue weighted by Crippen LogP contribution is 2.19. The molecule has 0 radical (unpaired) electrons. The zero-order chi connectivity index (χ0) is 35.5. The number of benzene rings is 2. The van der Waals surface area contributed by atoms with Crippen molar-refractivity contribution in [2.75, 3.05) is 19.6 Å². The van der Waals surface area contributed by atoms with E-state index in [1.165, 1.54) is 4.90 Å². The molecule has 12 N–H and O–H groups in total. The number of aryl methyl sites for hydroxylation is 1. The number of nitrogens with two attached hydrogens (primary N) is 4. The summed E-state index contributed by atoms with van der Waals surface area (Å²) in [7, 11) is 0. The minimum atomic E-state index is -1.10. The average Bonchev–Trinajstić information content (AvgIpc) is 3.73. The quantitative estimate of drug-likeness (QED) is 0.0403. The van der Waals surface area contributed by atoms with Gasteiger partial charge in [-0.05, 0) is 43.4 Å². The smallest absolute Gasteiger partial charge is 0.247 e. The number of aliphatic imine (C=N–C) groups is 1. The molecule has 0 bridgehead atoms. The van der Waals surface area contributed by atoms with E-state index in [9.17, 15) is 24.0 Å². The molecule has 1 aromatic heterocycles. The molecule has 0 spiro atoms. The highest BCUT2D eigenvalue weighted by atomic mass is 16.2. The maximum absolute atomic E-state index is 13.5. The number of nitrogens with one attached hydrogen (secondary N) is 4. The van der Waals surface area contributed by atoms with Gasteiger partial charge in [-0.3, -0.25) is 29.0 Å². The molecule has 4 rings (SSSR count). The summed E-state index contributed by atoms with van der Waals surface area (Å²) in [6, 6.07) is 11.2. The van der Waals surface area contributed by atoms with Crippen LogP contribution < -0.4 is 38.9 Å². The van der Waals surface area contributed by atoms with Gasteiger partial charge in [-0.15, -0.1) is 0 Å². The van der Waals surface area contributed by atoms with Crippen molar-refractivity contribution in [1.82, 2.24) is 25.8 Å². The van der Waals surface area contributed by atoms with Gasteiger partial charge in [0.1, 0.15) is 18.1 Å². The van der Waals surface area contributed by atoms with Gasteiger partial charge in [0.05, 0.1) is 12.6 Å². The van der Waals surface area contributed by atoms with Crippen LogP contribution >= 0.6 is 0 Å². The zero-order valence-electron chi connectivity index (χ0n) is 27.4. The average molecular weight is 673 g/mol. The third kappa shape index (κ3) is 10.1. The zero-order valence-corrected chi connectivity index (χ0v) is 27.4. The summed E-state index contributed by atoms with van der Waals surface area (Å²) in [5.74, 6) is -3.17. The Balaban J connectivity index is 1.36. The van der Waals surface area contributed by atoms with Crippen molar-refractivity contribution in [3.63, 3.8) is 0 Å². The minimum Gasteiger partial charge on any atom is -0.370 e. The molecule has 0 saturated carbocycles. The number of rotatable bonds is 16. The molecule has 1 aliphatic rings. The summed E-state index contributed by atoms with van der Waals surface area (Å²) in [5.41, 5.74) is 26.3. The van der Waals surface area contributed by atoms with Gasteiger partial charge >= 0.3 is 0 Å². The van der Waals surface area contributed by atoms with Crippen LogP contribution in [0.15, 0.2) is 71.9 Å². The molecule has 0 saturated heterocycles. The van der Waals surface area contributed by atoms with Crippen LogP contribution in [0.5, 0.6) is 0 Å². The molecule has 4 atom stereocenters. The second-order valence-corrected chi connectivity index (χ2v) is 12.0. The molecule has 5 amide bonds. The van der Waals surface area contributed by atoms with E-state index in [0.29, 0.717) is 12.8 Å². The second-order valence-electron chi connectivity index (χ2n) is 12.0. The van der Waals surface area contributed by atoms with Crippen molar-refractivity contribution in [3.05, 3.63) is 83.6 Å². The van der Waals surface area contributed by atoms with Crippen LogP contribution in [0, 0.1) is 6.92 Å². The Bertz CT molecular complexity index is 1710. The standard InChI is InChI=1S/C34H44N10O5/c1-20-10-12-21(13-11-20)16-24(35)33(49)44-15-5-9-28(44)32(48)43-26(8-4-14-39-34(37)38)31(47)41-19-29(45)42-27(30(36)46)17-22-18-40-25-7-3-2-6-23(22)25/h2-3,5-7,9-13,18,24,26-28,40H,4,8,14-17,19,35H2,1H3,(H2,36,46)(H,41,47)(H,42,45)(H,43,48)(H4,37,38,39)/t24-,26-,27-,28-/m0/s1. The summed E-state index contributed by atoms with van der Waals surface area (Å²) in [4.78, 5) is 73.5. The number of guanidine groups is 1. The Labute approximate surface area is 283 Å². The van der Waals surface area contributed by atoms with Crippen molar-refractivity contribution in [2.24, 2.45) is 27.9 Å². The molecule has 2 aromatic carbocycles. The normalized spacial score (nSPS) is 15.6. The van der Waals surface area contributed by atoms with Crippen molar-refractivity contribution in [1.29, 1.82) is 0 Å². The molecular weight excluding hydrogens is 628 g/mol. The number of hydrogen-bond acceptors (Lipinski definition) is 7. The first-order valence-corrected chi connectivity index (χ1v) is 16.0. The number of carbonyl (C=O) groups excluding carboxylic acids is 5. The molecular formula is C34H44N10O5. The lowest BCUT2D eigenvalue weighted by atomic mass is 10.0. The van der Waals surface area contributed by atoms with Gasteiger partial charge in [0.25, 0.3) is 0 Å². The van der Waals surface area contributed by atoms with E-state index < -0.39 is 60.2 Å². The molecule has 0 fully saturated rings. The number of aromatic nitrogens is 1. The first kappa shape index (κ1) is 36.1. The molecule has 15 heteroatoms. The molecule has 49 heavy (non-hydrogen) atoms. The topological polar surface area (TPSA) is 257 Å². The van der Waals surface area contributed by atoms with Crippen molar-refractivity contribution >= 4 is 46.4 Å². The molecule has 15 nitrogen and oxygen atoms in total. The molecule has 3 aromatic rings. The predicted octanol–water partition coefficient (Wildman–Crippen LogP) is -1.02. The lowest BCUT2D eigenvalue weighted by Crippen LogP contribution is -2.56. The van der Waals surface area contributed by atoms with Crippen molar-refractivity contribution < 1.29 is 24.0 Å². The highest BCUT2D eigenvalue weighted by molar-refractivity contribution is 5.96. The van der Waals surface area contributed by atoms with Crippen LogP contribution in [0.25, 0.3) is 10.9 Å². The number of carbonyl (C=O) groups is 5. The number of H-pyrrole nitrogens is 1. The van der Waals surface area contributed by atoms with Crippen LogP contribution in [0.1, 0.15) is 29.5 Å². The Kier molecular flexibility index (Phi) is 12.5. The van der Waals surface area contributed by atoms with E-state index in [-0.39, 0.29) is 31.9 Å². The number of amides is 5. The second kappa shape index (κ2) is 16.9. The third-order valence-electron chi connectivity index (χ3n) is 8.18. The van der Waals surface area contributed by atoms with Gasteiger partial charge in [0.15, 0.2) is 5.96 Å². The van der Waals surface area contributed by atoms with Crippen LogP contribution in [0.3, 0.4) is 0 Å². The first-order valence-electron chi connectivity index (χ1n) is 16.0. The van der Waals surface area contributed by atoms with Crippen molar-refractivity contribution in [2.45, 2.75) is 56.8 Å². The number of primary amides is 1. The van der Waals surface area contributed by atoms with E-state index in [0.717, 1.165) is 27.6 Å². The van der Waals surface area contributed by atoms with E-state index in [4.69, 9.17) is 22.9 Å². The van der Waals surface area contributed by atoms with E-state index in [2.05, 4.69) is 25.9 Å². The number of aromatic amines is 1. The largest absolute Gasteiger partial charge is 0.370 e. The van der Waals surface area contributed by atoms with Crippen LogP contribution in [0.2, 0.25) is 0 Å². The van der Waals surface area contributed by atoms with Crippen LogP contribution in [-0.4, -0.2) is 89.2 Å². The van der Waals surface area contributed by atoms with Crippen LogP contribution in [-0.2, 0) is 36.8 Å². The van der Waals surface area contributed by atoms with Crippen LogP contribution in [0.4, 0.5) is 0 Å². The summed E-state index contributed by atoms with van der Waals surface area (Å²) in [5, 5.41) is 8.68. The van der Waals surface area contributed by atoms with Crippen molar-refractivity contribution in [3.8, 4) is 0 Å². The number of hydrogen-bond donors (Lipinski definition) is 8. The maximum atomic E-state index is 13.5. The fraction of sp³-hybridized carbons (Fsp3) is 0.353. The SMILES string of the molecule is Cc1ccc(C[C@H](N)C(=O)N2CC=C[C@H]2C(=O)N[C@@H](CCCN=C(N)N)C(=O)NCC(=O)N[C@@H](Cc2c[nH]c3ccccc23)C(N)=O)cc1. The minimum absolute atomic E-state index is 0.120. The third-order valence-corrected chi connectivity index (χ3v) is 8.18. The van der Waals surface area contributed by atoms with Gasteiger partial charge in [-0.1, -0.05) is 60.2 Å². The lowest BCUT2D eigenvalue weighted by molar-refractivity contribution is -0.139. The van der Waals surface area contributed by atoms with Gasteiger partial charge in [-0.2, -0.15) is 0 Å². The Morgan fingerprint density at radius 2 is 1.71 bits per heavy atom. The fourth-order valence-corrected chi connectivity index (χ4v) is 5.56. The molecule has 0 unspecified atom stereocenters. The van der Waals surface area contributed by atoms with E-state index in [1.54, 1.807) is 18.3 Å². The van der Waals surface area contributed by atoms with E-state index in [1.807, 2.05) is 55.5 Å². The molecule has 2 heterocycles. The highest BCUT2D eigenvalue weighted by Gasteiger charge is 2.35. The van der Waals surface area contributed by atoms with Gasteiger partial charge in [0.2, 0.25) is 29.5 Å². The summed E-state index contributed by atoms with van der Waals surface area (Å²) >= 11 is 0. The lowest BCUT2D eigenvalue weighted by Gasteiger charge is -2.28. The Hall–Kier alpha value is -5.70. The summed E-state index contributed by atoms with van der Waals surface area (Å²) < 4.78 is 0. The summed E-state index contributed by atoms with van der Waals surface area (Å²) in [6.07, 6.45) is 5.88. The van der Waals surface area contributed by atoms with Gasteiger partial charge in [0, 0.05) is 36.6 Å². The fourth-order valence-electron chi connectivity index (χ4n) is 5.56. The maximum Gasteiger partial charge on any atom is 0.247 e. The number of para-hydroxylation sites is 1. The molecule has 260 valence electrons. The van der Waals surface area contributed by atoms with Gasteiger partial charge < -0.3 is 48.8 Å².